The number of rotatable bonds is 4. The number of hydrogen-bond acceptors (Lipinski definition) is 4. The zero-order chi connectivity index (χ0) is 17.2. The van der Waals surface area contributed by atoms with Crippen LogP contribution in [0.4, 0.5) is 4.79 Å². The molecule has 128 valence electrons. The van der Waals surface area contributed by atoms with Gasteiger partial charge in [0, 0.05) is 26.2 Å². The highest BCUT2D eigenvalue weighted by atomic mass is 16.2. The van der Waals surface area contributed by atoms with Crippen molar-refractivity contribution in [2.75, 3.05) is 32.7 Å². The number of benzene rings is 1. The van der Waals surface area contributed by atoms with E-state index in [9.17, 15) is 14.4 Å². The minimum atomic E-state index is -1.08. The van der Waals surface area contributed by atoms with E-state index in [0.717, 1.165) is 23.6 Å². The fourth-order valence-electron chi connectivity index (χ4n) is 3.28. The normalized spacial score (nSPS) is 24.2. The van der Waals surface area contributed by atoms with E-state index in [2.05, 4.69) is 10.6 Å². The van der Waals surface area contributed by atoms with Gasteiger partial charge in [-0.1, -0.05) is 37.3 Å². The van der Waals surface area contributed by atoms with Crippen LogP contribution in [0.2, 0.25) is 0 Å². The topological polar surface area (TPSA) is 81.8 Å². The number of nitrogens with one attached hydrogen (secondary N) is 2. The zero-order valence-electron chi connectivity index (χ0n) is 13.7. The molecule has 3 rings (SSSR count). The van der Waals surface area contributed by atoms with Crippen molar-refractivity contribution in [3.8, 4) is 0 Å². The Morgan fingerprint density at radius 3 is 2.46 bits per heavy atom. The largest absolute Gasteiger partial charge is 0.339 e. The first-order chi connectivity index (χ1) is 11.6. The molecule has 1 aromatic carbocycles. The number of nitrogens with zero attached hydrogens (tertiary/aromatic N) is 2. The van der Waals surface area contributed by atoms with Gasteiger partial charge in [0.2, 0.25) is 5.91 Å². The van der Waals surface area contributed by atoms with E-state index in [1.807, 2.05) is 37.3 Å². The van der Waals surface area contributed by atoms with E-state index in [1.54, 1.807) is 4.90 Å². The summed E-state index contributed by atoms with van der Waals surface area (Å²) in [6, 6.07) is 8.67. The molecule has 24 heavy (non-hydrogen) atoms. The van der Waals surface area contributed by atoms with E-state index < -0.39 is 11.6 Å². The second-order valence-electron chi connectivity index (χ2n) is 6.08. The minimum absolute atomic E-state index is 0.194. The third kappa shape index (κ3) is 2.75. The van der Waals surface area contributed by atoms with Gasteiger partial charge in [-0.3, -0.25) is 14.5 Å². The highest BCUT2D eigenvalue weighted by molar-refractivity contribution is 6.09. The van der Waals surface area contributed by atoms with Crippen molar-refractivity contribution in [3.05, 3.63) is 35.9 Å². The summed E-state index contributed by atoms with van der Waals surface area (Å²) in [5, 5.41) is 5.97. The van der Waals surface area contributed by atoms with Crippen molar-refractivity contribution in [1.82, 2.24) is 20.4 Å². The minimum Gasteiger partial charge on any atom is -0.339 e. The molecule has 0 radical (unpaired) electrons. The zero-order valence-corrected chi connectivity index (χ0v) is 13.7. The molecule has 2 aliphatic heterocycles. The molecule has 7 nitrogen and oxygen atoms in total. The molecule has 7 heteroatoms. The van der Waals surface area contributed by atoms with E-state index in [1.165, 1.54) is 0 Å². The van der Waals surface area contributed by atoms with Crippen LogP contribution >= 0.6 is 0 Å². The van der Waals surface area contributed by atoms with Gasteiger partial charge in [0.15, 0.2) is 0 Å². The Kier molecular flexibility index (Phi) is 4.53. The van der Waals surface area contributed by atoms with Crippen molar-refractivity contribution in [3.63, 3.8) is 0 Å². The molecular weight excluding hydrogens is 308 g/mol. The summed E-state index contributed by atoms with van der Waals surface area (Å²) in [5.41, 5.74) is -0.342. The lowest BCUT2D eigenvalue weighted by Crippen LogP contribution is -2.50. The first kappa shape index (κ1) is 16.4. The molecule has 0 aromatic heterocycles. The average Bonchev–Trinajstić information content (AvgIpc) is 2.88. The van der Waals surface area contributed by atoms with Crippen molar-refractivity contribution in [2.24, 2.45) is 0 Å². The van der Waals surface area contributed by atoms with Gasteiger partial charge in [0.05, 0.1) is 0 Å². The number of imide groups is 1. The highest BCUT2D eigenvalue weighted by Crippen LogP contribution is 2.32. The van der Waals surface area contributed by atoms with Crippen molar-refractivity contribution in [2.45, 2.75) is 18.9 Å². The van der Waals surface area contributed by atoms with Crippen LogP contribution in [0.25, 0.3) is 0 Å². The van der Waals surface area contributed by atoms with E-state index >= 15 is 0 Å². The molecular formula is C17H22N4O3. The monoisotopic (exact) mass is 330 g/mol. The maximum absolute atomic E-state index is 12.9. The summed E-state index contributed by atoms with van der Waals surface area (Å²) in [4.78, 5) is 40.4. The smallest absolute Gasteiger partial charge is 0.325 e. The molecule has 0 spiro atoms. The maximum atomic E-state index is 12.9. The summed E-state index contributed by atoms with van der Waals surface area (Å²) in [6.07, 6.45) is 0.430. The molecule has 0 saturated carbocycles. The number of amides is 4. The Hall–Kier alpha value is -2.41. The lowest BCUT2D eigenvalue weighted by atomic mass is 9.87. The number of piperazine rings is 1. The Balaban J connectivity index is 1.79. The highest BCUT2D eigenvalue weighted by Gasteiger charge is 2.51. The summed E-state index contributed by atoms with van der Waals surface area (Å²) in [7, 11) is 0. The van der Waals surface area contributed by atoms with Gasteiger partial charge in [-0.05, 0) is 12.0 Å². The lowest BCUT2D eigenvalue weighted by Gasteiger charge is -2.29. The van der Waals surface area contributed by atoms with Gasteiger partial charge in [-0.25, -0.2) is 4.79 Å². The predicted octanol–water partition coefficient (Wildman–Crippen LogP) is 0.276. The van der Waals surface area contributed by atoms with E-state index in [4.69, 9.17) is 0 Å². The molecule has 2 heterocycles. The molecule has 1 atom stereocenters. The van der Waals surface area contributed by atoms with Gasteiger partial charge >= 0.3 is 6.03 Å². The molecule has 0 aliphatic carbocycles. The number of carbonyl (C=O) groups excluding carboxylic acids is 3. The second-order valence-corrected chi connectivity index (χ2v) is 6.08. The van der Waals surface area contributed by atoms with Crippen LogP contribution < -0.4 is 10.6 Å². The molecule has 2 saturated heterocycles. The van der Waals surface area contributed by atoms with Crippen LogP contribution in [0.3, 0.4) is 0 Å². The number of carbonyl (C=O) groups is 3. The van der Waals surface area contributed by atoms with E-state index in [-0.39, 0.29) is 18.4 Å². The molecule has 2 aliphatic rings. The SMILES string of the molecule is CC[C@@]1(c2ccccc2)NC(=O)N(CC(=O)N2CCNCC2)C1=O. The van der Waals surface area contributed by atoms with Gasteiger partial charge in [-0.2, -0.15) is 0 Å². The van der Waals surface area contributed by atoms with Crippen LogP contribution in [0.5, 0.6) is 0 Å². The summed E-state index contributed by atoms with van der Waals surface area (Å²) in [5.74, 6) is -0.551. The molecule has 2 fully saturated rings. The third-order valence-electron chi connectivity index (χ3n) is 4.74. The van der Waals surface area contributed by atoms with Crippen molar-refractivity contribution in [1.29, 1.82) is 0 Å². The van der Waals surface area contributed by atoms with E-state index in [0.29, 0.717) is 19.5 Å². The van der Waals surface area contributed by atoms with Gasteiger partial charge < -0.3 is 15.5 Å². The predicted molar refractivity (Wildman–Crippen MR) is 88.1 cm³/mol. The van der Waals surface area contributed by atoms with Crippen LogP contribution in [0, 0.1) is 0 Å². The lowest BCUT2D eigenvalue weighted by molar-refractivity contribution is -0.139. The molecule has 1 aromatic rings. The van der Waals surface area contributed by atoms with Crippen LogP contribution in [-0.2, 0) is 15.1 Å². The third-order valence-corrected chi connectivity index (χ3v) is 4.74. The summed E-state index contributed by atoms with van der Waals surface area (Å²) < 4.78 is 0. The standard InChI is InChI=1S/C17H22N4O3/c1-2-17(13-6-4-3-5-7-13)15(23)21(16(24)19-17)12-14(22)20-10-8-18-9-11-20/h3-7,18H,2,8-12H2,1H3,(H,19,24)/t17-/m0/s1. The van der Waals surface area contributed by atoms with Crippen LogP contribution in [0.15, 0.2) is 30.3 Å². The van der Waals surface area contributed by atoms with Crippen LogP contribution in [-0.4, -0.2) is 60.4 Å². The van der Waals surface area contributed by atoms with Crippen LogP contribution in [0.1, 0.15) is 18.9 Å². The Morgan fingerprint density at radius 2 is 1.83 bits per heavy atom. The van der Waals surface area contributed by atoms with Gasteiger partial charge in [0.25, 0.3) is 5.91 Å². The summed E-state index contributed by atoms with van der Waals surface area (Å²) in [6.45, 7) is 4.30. The Bertz CT molecular complexity index is 642. The average molecular weight is 330 g/mol. The number of hydrogen-bond donors (Lipinski definition) is 2. The fraction of sp³-hybridized carbons (Fsp3) is 0.471. The molecule has 0 unspecified atom stereocenters. The van der Waals surface area contributed by atoms with Gasteiger partial charge in [-0.15, -0.1) is 0 Å². The fourth-order valence-corrected chi connectivity index (χ4v) is 3.28. The second kappa shape index (κ2) is 6.60. The Labute approximate surface area is 141 Å². The van der Waals surface area contributed by atoms with Crippen molar-refractivity contribution >= 4 is 17.8 Å². The molecule has 4 amide bonds. The first-order valence-electron chi connectivity index (χ1n) is 8.26. The number of urea groups is 1. The quantitative estimate of drug-likeness (QED) is 0.777. The van der Waals surface area contributed by atoms with Gasteiger partial charge in [0.1, 0.15) is 12.1 Å². The molecule has 2 N–H and O–H groups in total. The first-order valence-corrected chi connectivity index (χ1v) is 8.26. The van der Waals surface area contributed by atoms with Crippen molar-refractivity contribution < 1.29 is 14.4 Å². The Morgan fingerprint density at radius 1 is 1.17 bits per heavy atom. The molecule has 0 bridgehead atoms. The summed E-state index contributed by atoms with van der Waals surface area (Å²) >= 11 is 0. The maximum Gasteiger partial charge on any atom is 0.325 e.